The number of hydrazine groups is 1. The summed E-state index contributed by atoms with van der Waals surface area (Å²) in [7, 11) is 0. The summed E-state index contributed by atoms with van der Waals surface area (Å²) in [5.41, 5.74) is 2.91. The maximum absolute atomic E-state index is 11.2. The van der Waals surface area contributed by atoms with Crippen molar-refractivity contribution in [3.8, 4) is 0 Å². The van der Waals surface area contributed by atoms with Gasteiger partial charge in [0.15, 0.2) is 5.03 Å². The molecule has 0 atom stereocenters. The maximum atomic E-state index is 11.2. The highest BCUT2D eigenvalue weighted by Gasteiger charge is 2.25. The van der Waals surface area contributed by atoms with E-state index >= 15 is 0 Å². The summed E-state index contributed by atoms with van der Waals surface area (Å²) in [6.07, 6.45) is 1.54. The van der Waals surface area contributed by atoms with Gasteiger partial charge in [-0.25, -0.2) is 10.1 Å². The van der Waals surface area contributed by atoms with Gasteiger partial charge in [-0.05, 0) is 49.9 Å². The third-order valence-electron chi connectivity index (χ3n) is 3.22. The molecule has 1 aromatic carbocycles. The Kier molecular flexibility index (Phi) is 4.49. The number of anilines is 1. The molecule has 1 rings (SSSR count). The molecule has 17 heavy (non-hydrogen) atoms. The summed E-state index contributed by atoms with van der Waals surface area (Å²) in [5, 5.41) is 12.2. The lowest BCUT2D eigenvalue weighted by Gasteiger charge is -2.22. The highest BCUT2D eigenvalue weighted by atomic mass is 16.7. The molecule has 0 N–H and O–H groups in total. The van der Waals surface area contributed by atoms with Crippen molar-refractivity contribution >= 4 is 5.69 Å². The van der Waals surface area contributed by atoms with Crippen molar-refractivity contribution in [1.82, 2.24) is 0 Å². The lowest BCUT2D eigenvalue weighted by Crippen LogP contribution is -2.39. The number of benzene rings is 1. The zero-order valence-electron chi connectivity index (χ0n) is 10.9. The Labute approximate surface area is 102 Å². The second kappa shape index (κ2) is 5.66. The van der Waals surface area contributed by atoms with E-state index in [0.717, 1.165) is 24.0 Å². The Balaban J connectivity index is 3.13. The number of aryl methyl sites for hydroxylation is 2. The molecule has 0 spiro atoms. The topological polar surface area (TPSA) is 46.4 Å². The van der Waals surface area contributed by atoms with Crippen molar-refractivity contribution in [2.45, 2.75) is 46.6 Å². The molecule has 94 valence electrons. The number of nitrogens with zero attached hydrogens (tertiary/aromatic N) is 2. The smallest absolute Gasteiger partial charge is 0.165 e. The van der Waals surface area contributed by atoms with Crippen LogP contribution in [0, 0.1) is 24.0 Å². The van der Waals surface area contributed by atoms with Gasteiger partial charge < -0.3 is 0 Å². The lowest BCUT2D eigenvalue weighted by molar-refractivity contribution is -0.500. The van der Waals surface area contributed by atoms with E-state index in [-0.39, 0.29) is 11.1 Å². The Morgan fingerprint density at radius 2 is 1.82 bits per heavy atom. The SMILES string of the molecule is CCC(CC)N(c1ccc(C)c(C)c1)[N+](=O)[O-]. The minimum atomic E-state index is -0.304. The van der Waals surface area contributed by atoms with Gasteiger partial charge in [-0.1, -0.05) is 24.9 Å². The Hall–Kier alpha value is -1.58. The number of rotatable bonds is 5. The van der Waals surface area contributed by atoms with Crippen molar-refractivity contribution in [3.05, 3.63) is 39.4 Å². The van der Waals surface area contributed by atoms with E-state index in [2.05, 4.69) is 0 Å². The first-order chi connectivity index (χ1) is 8.01. The average Bonchev–Trinajstić information content (AvgIpc) is 2.29. The van der Waals surface area contributed by atoms with Crippen LogP contribution in [0.3, 0.4) is 0 Å². The quantitative estimate of drug-likeness (QED) is 0.580. The Morgan fingerprint density at radius 1 is 1.24 bits per heavy atom. The van der Waals surface area contributed by atoms with Gasteiger partial charge >= 0.3 is 0 Å². The van der Waals surface area contributed by atoms with E-state index in [1.807, 2.05) is 45.9 Å². The first-order valence-corrected chi connectivity index (χ1v) is 6.02. The predicted molar refractivity (Wildman–Crippen MR) is 69.8 cm³/mol. The molecule has 0 radical (unpaired) electrons. The van der Waals surface area contributed by atoms with Gasteiger partial charge in [0, 0.05) is 0 Å². The van der Waals surface area contributed by atoms with Crippen LogP contribution in [0.5, 0.6) is 0 Å². The van der Waals surface area contributed by atoms with Crippen molar-refractivity contribution in [1.29, 1.82) is 0 Å². The van der Waals surface area contributed by atoms with Crippen LogP contribution in [0.2, 0.25) is 0 Å². The number of nitro groups is 1. The summed E-state index contributed by atoms with van der Waals surface area (Å²) < 4.78 is 0. The van der Waals surface area contributed by atoms with Gasteiger partial charge in [-0.3, -0.25) is 0 Å². The average molecular weight is 236 g/mol. The van der Waals surface area contributed by atoms with Gasteiger partial charge in [0.25, 0.3) is 0 Å². The summed E-state index contributed by atoms with van der Waals surface area (Å²) in [5.74, 6) is 0. The molecule has 0 saturated carbocycles. The van der Waals surface area contributed by atoms with Crippen LogP contribution in [-0.4, -0.2) is 11.1 Å². The Bertz CT molecular complexity index is 400. The van der Waals surface area contributed by atoms with Gasteiger partial charge in [0.1, 0.15) is 5.69 Å². The standard InChI is InChI=1S/C13H20N2O2/c1-5-12(6-2)14(15(16)17)13-8-7-10(3)11(4)9-13/h7-9,12H,5-6H2,1-4H3. The molecule has 0 bridgehead atoms. The molecule has 0 fully saturated rings. The molecular weight excluding hydrogens is 216 g/mol. The van der Waals surface area contributed by atoms with Crippen molar-refractivity contribution < 1.29 is 5.03 Å². The fourth-order valence-electron chi connectivity index (χ4n) is 1.94. The molecule has 0 aromatic heterocycles. The van der Waals surface area contributed by atoms with Gasteiger partial charge in [0.05, 0.1) is 6.04 Å². The molecule has 4 nitrogen and oxygen atoms in total. The van der Waals surface area contributed by atoms with E-state index < -0.39 is 0 Å². The summed E-state index contributed by atoms with van der Waals surface area (Å²) in [6, 6.07) is 5.59. The Morgan fingerprint density at radius 3 is 2.24 bits per heavy atom. The lowest BCUT2D eigenvalue weighted by atomic mass is 10.1. The molecular formula is C13H20N2O2. The van der Waals surface area contributed by atoms with E-state index in [4.69, 9.17) is 0 Å². The highest BCUT2D eigenvalue weighted by molar-refractivity contribution is 5.49. The molecule has 0 heterocycles. The van der Waals surface area contributed by atoms with E-state index in [9.17, 15) is 10.1 Å². The maximum Gasteiger partial charge on any atom is 0.165 e. The molecule has 0 aliphatic rings. The van der Waals surface area contributed by atoms with Crippen LogP contribution in [0.25, 0.3) is 0 Å². The van der Waals surface area contributed by atoms with Gasteiger partial charge in [0.2, 0.25) is 0 Å². The number of hydrogen-bond donors (Lipinski definition) is 0. The van der Waals surface area contributed by atoms with Crippen LogP contribution >= 0.6 is 0 Å². The third-order valence-corrected chi connectivity index (χ3v) is 3.22. The normalized spacial score (nSPS) is 10.6. The summed E-state index contributed by atoms with van der Waals surface area (Å²) in [6.45, 7) is 7.94. The molecule has 0 unspecified atom stereocenters. The zero-order chi connectivity index (χ0) is 13.0. The fourth-order valence-corrected chi connectivity index (χ4v) is 1.94. The molecule has 0 amide bonds. The van der Waals surface area contributed by atoms with Crippen molar-refractivity contribution in [2.75, 3.05) is 5.01 Å². The first-order valence-electron chi connectivity index (χ1n) is 6.02. The van der Waals surface area contributed by atoms with E-state index in [1.165, 1.54) is 5.01 Å². The minimum Gasteiger partial charge on any atom is -0.234 e. The largest absolute Gasteiger partial charge is 0.234 e. The minimum absolute atomic E-state index is 0.0490. The van der Waals surface area contributed by atoms with E-state index in [0.29, 0.717) is 5.69 Å². The zero-order valence-corrected chi connectivity index (χ0v) is 10.9. The highest BCUT2D eigenvalue weighted by Crippen LogP contribution is 2.23. The van der Waals surface area contributed by atoms with Crippen LogP contribution in [0.15, 0.2) is 18.2 Å². The second-order valence-electron chi connectivity index (χ2n) is 4.32. The summed E-state index contributed by atoms with van der Waals surface area (Å²) in [4.78, 5) is 11.2. The van der Waals surface area contributed by atoms with Crippen LogP contribution < -0.4 is 5.01 Å². The third kappa shape index (κ3) is 2.96. The van der Waals surface area contributed by atoms with Gasteiger partial charge in [-0.2, -0.15) is 0 Å². The predicted octanol–water partition coefficient (Wildman–Crippen LogP) is 3.49. The fraction of sp³-hybridized carbons (Fsp3) is 0.538. The second-order valence-corrected chi connectivity index (χ2v) is 4.32. The first kappa shape index (κ1) is 13.5. The van der Waals surface area contributed by atoms with Crippen LogP contribution in [0.4, 0.5) is 5.69 Å². The van der Waals surface area contributed by atoms with Crippen LogP contribution in [0.1, 0.15) is 37.8 Å². The molecule has 4 heteroatoms. The van der Waals surface area contributed by atoms with Crippen molar-refractivity contribution in [3.63, 3.8) is 0 Å². The molecule has 0 aliphatic heterocycles. The molecule has 1 aromatic rings. The summed E-state index contributed by atoms with van der Waals surface area (Å²) >= 11 is 0. The number of hydrogen-bond acceptors (Lipinski definition) is 2. The van der Waals surface area contributed by atoms with Crippen LogP contribution in [-0.2, 0) is 0 Å². The molecule has 0 aliphatic carbocycles. The monoisotopic (exact) mass is 236 g/mol. The van der Waals surface area contributed by atoms with Gasteiger partial charge in [-0.15, -0.1) is 0 Å². The van der Waals surface area contributed by atoms with Crippen molar-refractivity contribution in [2.24, 2.45) is 0 Å². The molecule has 0 saturated heterocycles. The van der Waals surface area contributed by atoms with E-state index in [1.54, 1.807) is 0 Å².